The number of carbonyl (C=O) groups is 1. The van der Waals surface area contributed by atoms with Crippen LogP contribution in [0.4, 0.5) is 0 Å². The van der Waals surface area contributed by atoms with Gasteiger partial charge in [-0.3, -0.25) is 14.7 Å². The molecule has 0 aliphatic carbocycles. The Bertz CT molecular complexity index is 923. The minimum atomic E-state index is -0.161. The van der Waals surface area contributed by atoms with Crippen LogP contribution in [0, 0.1) is 0 Å². The highest BCUT2D eigenvalue weighted by Crippen LogP contribution is 2.23. The highest BCUT2D eigenvalue weighted by molar-refractivity contribution is 5.82. The highest BCUT2D eigenvalue weighted by atomic mass is 16.5. The van der Waals surface area contributed by atoms with E-state index < -0.39 is 0 Å². The predicted octanol–water partition coefficient (Wildman–Crippen LogP) is 2.80. The number of pyridine rings is 1. The third-order valence-corrected chi connectivity index (χ3v) is 5.01. The van der Waals surface area contributed by atoms with Crippen LogP contribution in [0.3, 0.4) is 0 Å². The third-order valence-electron chi connectivity index (χ3n) is 5.01. The van der Waals surface area contributed by atoms with Crippen molar-refractivity contribution in [1.82, 2.24) is 20.4 Å². The summed E-state index contributed by atoms with van der Waals surface area (Å²) in [6.07, 6.45) is 4.18. The number of benzene rings is 1. The normalized spacial score (nSPS) is 16.7. The maximum atomic E-state index is 12.8. The van der Waals surface area contributed by atoms with Crippen LogP contribution in [0.5, 0.6) is 0 Å². The summed E-state index contributed by atoms with van der Waals surface area (Å²) in [5, 5.41) is 7.06. The molecule has 1 atom stereocenters. The van der Waals surface area contributed by atoms with E-state index in [1.54, 1.807) is 12.4 Å². The molecule has 1 aliphatic heterocycles. The molecule has 1 amide bonds. The minimum absolute atomic E-state index is 0.0191. The van der Waals surface area contributed by atoms with Crippen LogP contribution < -0.4 is 5.32 Å². The smallest absolute Gasteiger partial charge is 0.238 e. The molecule has 1 aromatic carbocycles. The van der Waals surface area contributed by atoms with Crippen molar-refractivity contribution >= 4 is 5.91 Å². The molecule has 2 aromatic heterocycles. The van der Waals surface area contributed by atoms with Gasteiger partial charge in [0.2, 0.25) is 5.91 Å². The molecule has 0 radical (unpaired) electrons. The number of hydrogen-bond acceptors (Lipinski definition) is 5. The molecule has 6 heteroatoms. The first-order valence-corrected chi connectivity index (χ1v) is 9.19. The quantitative estimate of drug-likeness (QED) is 0.756. The molecule has 0 bridgehead atoms. The summed E-state index contributed by atoms with van der Waals surface area (Å²) in [6, 6.07) is 13.8. The fraction of sp³-hybridized carbons (Fsp3) is 0.286. The summed E-state index contributed by atoms with van der Waals surface area (Å²) in [4.78, 5) is 19.1. The Kier molecular flexibility index (Phi) is 4.98. The van der Waals surface area contributed by atoms with Gasteiger partial charge in [-0.15, -0.1) is 0 Å². The molecule has 6 nitrogen and oxygen atoms in total. The number of nitrogens with zero attached hydrogens (tertiary/aromatic N) is 3. The average molecular weight is 362 g/mol. The molecule has 3 aromatic rings. The van der Waals surface area contributed by atoms with E-state index >= 15 is 0 Å². The van der Waals surface area contributed by atoms with E-state index in [-0.39, 0.29) is 11.9 Å². The molecule has 0 spiro atoms. The number of rotatable bonds is 5. The number of nitrogens with one attached hydrogen (secondary N) is 1. The zero-order valence-corrected chi connectivity index (χ0v) is 15.3. The second kappa shape index (κ2) is 7.72. The van der Waals surface area contributed by atoms with Gasteiger partial charge in [-0.25, -0.2) is 0 Å². The lowest BCUT2D eigenvalue weighted by atomic mass is 9.93. The molecule has 0 saturated carbocycles. The van der Waals surface area contributed by atoms with E-state index in [9.17, 15) is 4.79 Å². The zero-order chi connectivity index (χ0) is 18.6. The topological polar surface area (TPSA) is 71.3 Å². The van der Waals surface area contributed by atoms with Crippen molar-refractivity contribution in [1.29, 1.82) is 0 Å². The largest absolute Gasteiger partial charge is 0.359 e. The zero-order valence-electron chi connectivity index (χ0n) is 15.3. The van der Waals surface area contributed by atoms with Crippen LogP contribution in [0.15, 0.2) is 59.4 Å². The second-order valence-corrected chi connectivity index (χ2v) is 6.69. The molecular weight excluding hydrogens is 340 g/mol. The summed E-state index contributed by atoms with van der Waals surface area (Å²) in [5.41, 5.74) is 4.16. The molecule has 27 heavy (non-hydrogen) atoms. The maximum Gasteiger partial charge on any atom is 0.238 e. The van der Waals surface area contributed by atoms with Gasteiger partial charge in [0, 0.05) is 30.6 Å². The van der Waals surface area contributed by atoms with Crippen molar-refractivity contribution in [3.8, 4) is 11.3 Å². The molecule has 3 heterocycles. The Morgan fingerprint density at radius 2 is 2.11 bits per heavy atom. The Morgan fingerprint density at radius 1 is 1.26 bits per heavy atom. The summed E-state index contributed by atoms with van der Waals surface area (Å²) >= 11 is 0. The van der Waals surface area contributed by atoms with Gasteiger partial charge in [-0.05, 0) is 36.2 Å². The average Bonchev–Trinajstić information content (AvgIpc) is 3.20. The van der Waals surface area contributed by atoms with Crippen LogP contribution >= 0.6 is 0 Å². The molecular formula is C21H22N4O2. The lowest BCUT2D eigenvalue weighted by molar-refractivity contribution is -0.127. The van der Waals surface area contributed by atoms with E-state index in [0.717, 1.165) is 25.1 Å². The highest BCUT2D eigenvalue weighted by Gasteiger charge is 2.30. The van der Waals surface area contributed by atoms with Crippen molar-refractivity contribution < 1.29 is 9.32 Å². The van der Waals surface area contributed by atoms with Crippen LogP contribution in [0.2, 0.25) is 0 Å². The van der Waals surface area contributed by atoms with Crippen LogP contribution in [0.1, 0.15) is 23.8 Å². The van der Waals surface area contributed by atoms with Gasteiger partial charge in [-0.2, -0.15) is 0 Å². The Labute approximate surface area is 158 Å². The number of hydrogen-bond donors (Lipinski definition) is 1. The van der Waals surface area contributed by atoms with Crippen molar-refractivity contribution in [2.45, 2.75) is 32.5 Å². The number of carbonyl (C=O) groups excluding carboxylic acids is 1. The van der Waals surface area contributed by atoms with Gasteiger partial charge in [0.1, 0.15) is 5.69 Å². The van der Waals surface area contributed by atoms with Crippen molar-refractivity contribution in [2.75, 3.05) is 6.54 Å². The molecule has 1 unspecified atom stereocenters. The first-order chi connectivity index (χ1) is 13.2. The van der Waals surface area contributed by atoms with E-state index in [0.29, 0.717) is 18.0 Å². The number of fused-ring (bicyclic) bond motifs is 1. The summed E-state index contributed by atoms with van der Waals surface area (Å²) in [6.45, 7) is 4.05. The molecule has 0 saturated heterocycles. The molecule has 1 aliphatic rings. The van der Waals surface area contributed by atoms with Crippen molar-refractivity contribution in [3.05, 3.63) is 71.7 Å². The van der Waals surface area contributed by atoms with Gasteiger partial charge < -0.3 is 9.84 Å². The first kappa shape index (κ1) is 17.4. The van der Waals surface area contributed by atoms with Gasteiger partial charge in [0.25, 0.3) is 0 Å². The Hall–Kier alpha value is -2.99. The van der Waals surface area contributed by atoms with E-state index in [1.807, 2.05) is 24.3 Å². The SMILES string of the molecule is CCN1Cc2ccccc2CC1C(=O)NCc1cc(-c2cccnc2)no1. The van der Waals surface area contributed by atoms with Crippen LogP contribution in [0.25, 0.3) is 11.3 Å². The summed E-state index contributed by atoms with van der Waals surface area (Å²) < 4.78 is 5.36. The fourth-order valence-electron chi connectivity index (χ4n) is 3.51. The van der Waals surface area contributed by atoms with E-state index in [1.165, 1.54) is 11.1 Å². The lowest BCUT2D eigenvalue weighted by Gasteiger charge is -2.35. The molecule has 1 N–H and O–H groups in total. The fourth-order valence-corrected chi connectivity index (χ4v) is 3.51. The number of likely N-dealkylation sites (N-methyl/N-ethyl adjacent to an activating group) is 1. The molecule has 0 fully saturated rings. The predicted molar refractivity (Wildman–Crippen MR) is 102 cm³/mol. The standard InChI is InChI=1S/C21H22N4O2/c1-2-25-14-17-7-4-3-6-15(17)10-20(25)21(26)23-13-18-11-19(24-27-18)16-8-5-9-22-12-16/h3-9,11-12,20H,2,10,13-14H2,1H3,(H,23,26). The summed E-state index contributed by atoms with van der Waals surface area (Å²) in [7, 11) is 0. The van der Waals surface area contributed by atoms with E-state index in [2.05, 4.69) is 45.5 Å². The molecule has 4 rings (SSSR count). The van der Waals surface area contributed by atoms with Gasteiger partial charge in [0.15, 0.2) is 5.76 Å². The van der Waals surface area contributed by atoms with Crippen LogP contribution in [-0.2, 0) is 24.3 Å². The Balaban J connectivity index is 1.41. The lowest BCUT2D eigenvalue weighted by Crippen LogP contribution is -2.49. The van der Waals surface area contributed by atoms with Gasteiger partial charge in [0.05, 0.1) is 12.6 Å². The second-order valence-electron chi connectivity index (χ2n) is 6.69. The number of amides is 1. The minimum Gasteiger partial charge on any atom is -0.359 e. The third kappa shape index (κ3) is 3.75. The van der Waals surface area contributed by atoms with E-state index in [4.69, 9.17) is 4.52 Å². The first-order valence-electron chi connectivity index (χ1n) is 9.19. The summed E-state index contributed by atoms with van der Waals surface area (Å²) in [5.74, 6) is 0.646. The Morgan fingerprint density at radius 3 is 2.89 bits per heavy atom. The van der Waals surface area contributed by atoms with Gasteiger partial charge >= 0.3 is 0 Å². The number of aromatic nitrogens is 2. The maximum absolute atomic E-state index is 12.8. The monoisotopic (exact) mass is 362 g/mol. The molecule has 138 valence electrons. The van der Waals surface area contributed by atoms with Crippen LogP contribution in [-0.4, -0.2) is 33.5 Å². The van der Waals surface area contributed by atoms with Crippen molar-refractivity contribution in [3.63, 3.8) is 0 Å². The van der Waals surface area contributed by atoms with Crippen molar-refractivity contribution in [2.24, 2.45) is 0 Å². The van der Waals surface area contributed by atoms with Gasteiger partial charge in [-0.1, -0.05) is 36.3 Å².